The van der Waals surface area contributed by atoms with Crippen molar-refractivity contribution in [3.8, 4) is 0 Å². The first-order valence-corrected chi connectivity index (χ1v) is 13.4. The van der Waals surface area contributed by atoms with E-state index in [4.69, 9.17) is 5.73 Å². The van der Waals surface area contributed by atoms with Crippen LogP contribution < -0.4 is 21.6 Å². The van der Waals surface area contributed by atoms with Crippen LogP contribution in [0.15, 0.2) is 91.0 Å². The van der Waals surface area contributed by atoms with Gasteiger partial charge in [-0.25, -0.2) is 0 Å². The zero-order valence-electron chi connectivity index (χ0n) is 13.8. The Bertz CT molecular complexity index is 688. The second kappa shape index (κ2) is 6.95. The van der Waals surface area contributed by atoms with Crippen molar-refractivity contribution < 1.29 is 0 Å². The molecule has 0 aliphatic heterocycles. The summed E-state index contributed by atoms with van der Waals surface area (Å²) in [6, 6.07) is 32.8. The third kappa shape index (κ3) is 2.92. The van der Waals surface area contributed by atoms with Gasteiger partial charge in [-0.15, -0.1) is 0 Å². The monoisotopic (exact) mass is 447 g/mol. The average Bonchev–Trinajstić information content (AvgIpc) is 2.63. The van der Waals surface area contributed by atoms with Gasteiger partial charge in [0.15, 0.2) is 0 Å². The number of benzene rings is 3. The van der Waals surface area contributed by atoms with Crippen LogP contribution in [0.5, 0.6) is 0 Å². The van der Waals surface area contributed by atoms with Gasteiger partial charge in [0.05, 0.1) is 0 Å². The first kappa shape index (κ1) is 17.6. The van der Waals surface area contributed by atoms with Crippen LogP contribution in [0, 0.1) is 0 Å². The summed E-state index contributed by atoms with van der Waals surface area (Å²) < 4.78 is -2.65. The number of hydrogen-bond acceptors (Lipinski definition) is 1. The van der Waals surface area contributed by atoms with Crippen LogP contribution >= 0.6 is 26.3 Å². The number of nitrogens with two attached hydrogens (primary N) is 1. The standard InChI is InChI=1S/C21H23INP/c1-18(23)17-24(22,19-11-5-2-6-12-19,20-13-7-3-8-14-20)21-15-9-4-10-16-21/h2-16,18H,17,23H2,1H3. The molecule has 0 aliphatic rings. The van der Waals surface area contributed by atoms with Crippen molar-refractivity contribution in [2.75, 3.05) is 6.16 Å². The van der Waals surface area contributed by atoms with E-state index < -0.39 is 4.25 Å². The average molecular weight is 447 g/mol. The molecule has 0 amide bonds. The van der Waals surface area contributed by atoms with Crippen molar-refractivity contribution in [3.63, 3.8) is 0 Å². The van der Waals surface area contributed by atoms with Gasteiger partial charge in [0.25, 0.3) is 0 Å². The van der Waals surface area contributed by atoms with Crippen LogP contribution in [0.2, 0.25) is 0 Å². The van der Waals surface area contributed by atoms with E-state index in [-0.39, 0.29) is 6.04 Å². The fraction of sp³-hybridized carbons (Fsp3) is 0.143. The van der Waals surface area contributed by atoms with Crippen LogP contribution in [-0.2, 0) is 0 Å². The molecule has 0 bridgehead atoms. The Morgan fingerprint density at radius 1 is 0.708 bits per heavy atom. The van der Waals surface area contributed by atoms with Gasteiger partial charge in [0, 0.05) is 0 Å². The van der Waals surface area contributed by atoms with Crippen molar-refractivity contribution >= 4 is 42.2 Å². The van der Waals surface area contributed by atoms with Crippen LogP contribution in [0.1, 0.15) is 6.92 Å². The summed E-state index contributed by atoms with van der Waals surface area (Å²) in [6.07, 6.45) is 0.949. The van der Waals surface area contributed by atoms with Crippen molar-refractivity contribution in [2.24, 2.45) is 5.73 Å². The summed E-state index contributed by atoms with van der Waals surface area (Å²) in [7, 11) is 0. The van der Waals surface area contributed by atoms with E-state index in [9.17, 15) is 0 Å². The van der Waals surface area contributed by atoms with E-state index in [1.54, 1.807) is 0 Å². The molecule has 0 fully saturated rings. The molecule has 3 aromatic rings. The van der Waals surface area contributed by atoms with Gasteiger partial charge >= 0.3 is 158 Å². The van der Waals surface area contributed by atoms with Crippen molar-refractivity contribution in [3.05, 3.63) is 91.0 Å². The van der Waals surface area contributed by atoms with E-state index in [1.165, 1.54) is 15.9 Å². The van der Waals surface area contributed by atoms with E-state index in [2.05, 4.69) is 120 Å². The Hall–Kier alpha value is -1.22. The van der Waals surface area contributed by atoms with Crippen LogP contribution in [0.4, 0.5) is 0 Å². The maximum atomic E-state index is 6.40. The molecule has 3 heteroatoms. The number of rotatable bonds is 5. The van der Waals surface area contributed by atoms with Gasteiger partial charge in [0.2, 0.25) is 0 Å². The molecule has 24 heavy (non-hydrogen) atoms. The predicted molar refractivity (Wildman–Crippen MR) is 118 cm³/mol. The van der Waals surface area contributed by atoms with Gasteiger partial charge in [-0.3, -0.25) is 0 Å². The van der Waals surface area contributed by atoms with Gasteiger partial charge in [-0.2, -0.15) is 0 Å². The Morgan fingerprint density at radius 2 is 1.00 bits per heavy atom. The molecule has 1 atom stereocenters. The van der Waals surface area contributed by atoms with Crippen molar-refractivity contribution in [1.29, 1.82) is 0 Å². The molecular weight excluding hydrogens is 424 g/mol. The molecule has 124 valence electrons. The second-order valence-corrected chi connectivity index (χ2v) is 17.0. The molecule has 1 nitrogen and oxygen atoms in total. The predicted octanol–water partition coefficient (Wildman–Crippen LogP) is 4.21. The van der Waals surface area contributed by atoms with Crippen LogP contribution in [-0.4, -0.2) is 12.2 Å². The zero-order valence-corrected chi connectivity index (χ0v) is 16.9. The van der Waals surface area contributed by atoms with Gasteiger partial charge in [0.1, 0.15) is 0 Å². The van der Waals surface area contributed by atoms with Gasteiger partial charge in [-0.05, 0) is 0 Å². The van der Waals surface area contributed by atoms with Crippen molar-refractivity contribution in [1.82, 2.24) is 0 Å². The molecule has 0 aromatic heterocycles. The minimum atomic E-state index is -2.65. The molecule has 0 spiro atoms. The summed E-state index contributed by atoms with van der Waals surface area (Å²) >= 11 is 2.77. The van der Waals surface area contributed by atoms with Crippen LogP contribution in [0.3, 0.4) is 0 Å². The van der Waals surface area contributed by atoms with Crippen LogP contribution in [0.25, 0.3) is 0 Å². The summed E-state index contributed by atoms with van der Waals surface area (Å²) in [5.74, 6) is 0. The third-order valence-electron chi connectivity index (χ3n) is 4.51. The van der Waals surface area contributed by atoms with E-state index in [0.717, 1.165) is 6.16 Å². The SMILES string of the molecule is CC(N)CP(I)(c1ccccc1)(c1ccccc1)c1ccccc1. The summed E-state index contributed by atoms with van der Waals surface area (Å²) in [6.45, 7) is 2.12. The quantitative estimate of drug-likeness (QED) is 0.460. The molecule has 3 aromatic carbocycles. The normalized spacial score (nSPS) is 14.5. The molecule has 3 rings (SSSR count). The molecule has 2 N–H and O–H groups in total. The second-order valence-electron chi connectivity index (χ2n) is 6.35. The fourth-order valence-electron chi connectivity index (χ4n) is 3.52. The van der Waals surface area contributed by atoms with E-state index >= 15 is 0 Å². The molecule has 0 saturated heterocycles. The third-order valence-corrected chi connectivity index (χ3v) is 16.1. The van der Waals surface area contributed by atoms with E-state index in [1.807, 2.05) is 0 Å². The first-order valence-electron chi connectivity index (χ1n) is 8.21. The fourth-order valence-corrected chi connectivity index (χ4v) is 13.3. The molecule has 1 unspecified atom stereocenters. The zero-order chi connectivity index (χ0) is 17.1. The topological polar surface area (TPSA) is 26.0 Å². The minimum absolute atomic E-state index is 0.111. The Morgan fingerprint density at radius 3 is 1.25 bits per heavy atom. The first-order chi connectivity index (χ1) is 11.6. The number of hydrogen-bond donors (Lipinski definition) is 1. The summed E-state index contributed by atoms with van der Waals surface area (Å²) in [5, 5.41) is 4.16. The molecular formula is C21H23INP. The summed E-state index contributed by atoms with van der Waals surface area (Å²) in [5.41, 5.74) is 6.40. The molecule has 0 heterocycles. The molecule has 0 saturated carbocycles. The van der Waals surface area contributed by atoms with E-state index in [0.29, 0.717) is 0 Å². The Balaban J connectivity index is 2.42. The van der Waals surface area contributed by atoms with Gasteiger partial charge < -0.3 is 0 Å². The van der Waals surface area contributed by atoms with Gasteiger partial charge in [-0.1, -0.05) is 0 Å². The Labute approximate surface area is 157 Å². The molecule has 0 aliphatic carbocycles. The Kier molecular flexibility index (Phi) is 5.10. The van der Waals surface area contributed by atoms with Crippen molar-refractivity contribution in [2.45, 2.75) is 13.0 Å². The molecule has 0 radical (unpaired) electrons. The number of halogens is 1. The summed E-state index contributed by atoms with van der Waals surface area (Å²) in [4.78, 5) is 0. The maximum absolute atomic E-state index is 6.40.